The highest BCUT2D eigenvalue weighted by Crippen LogP contribution is 2.24. The van der Waals surface area contributed by atoms with Crippen LogP contribution >= 0.6 is 0 Å². The van der Waals surface area contributed by atoms with Crippen LogP contribution in [0.3, 0.4) is 0 Å². The number of aromatic amines is 1. The average Bonchev–Trinajstić information content (AvgIpc) is 2.61. The van der Waals surface area contributed by atoms with E-state index in [1.165, 1.54) is 0 Å². The summed E-state index contributed by atoms with van der Waals surface area (Å²) >= 11 is 0. The second-order valence-corrected chi connectivity index (χ2v) is 5.23. The van der Waals surface area contributed by atoms with Crippen molar-refractivity contribution in [1.82, 2.24) is 4.98 Å². The van der Waals surface area contributed by atoms with Crippen LogP contribution in [0, 0.1) is 34.6 Å². The fourth-order valence-electron chi connectivity index (χ4n) is 2.32. The van der Waals surface area contributed by atoms with E-state index in [2.05, 4.69) is 4.98 Å². The Labute approximate surface area is 113 Å². The minimum atomic E-state index is 0.0119. The molecule has 2 rings (SSSR count). The van der Waals surface area contributed by atoms with Crippen LogP contribution < -0.4 is 5.73 Å². The van der Waals surface area contributed by atoms with Crippen LogP contribution in [-0.4, -0.2) is 10.8 Å². The van der Waals surface area contributed by atoms with Gasteiger partial charge in [0.2, 0.25) is 5.78 Å². The van der Waals surface area contributed by atoms with E-state index in [9.17, 15) is 4.79 Å². The van der Waals surface area contributed by atoms with E-state index in [1.807, 2.05) is 40.7 Å². The number of hydrogen-bond donors (Lipinski definition) is 2. The highest BCUT2D eigenvalue weighted by molar-refractivity contribution is 6.10. The highest BCUT2D eigenvalue weighted by atomic mass is 16.1. The SMILES string of the molecule is Cc1cc(C)c(C(=O)c2[nH]c(C)c(C)c2C)cc1N. The number of benzene rings is 1. The summed E-state index contributed by atoms with van der Waals surface area (Å²) in [6.07, 6.45) is 0. The molecule has 0 amide bonds. The summed E-state index contributed by atoms with van der Waals surface area (Å²) in [5.41, 5.74) is 13.1. The highest BCUT2D eigenvalue weighted by Gasteiger charge is 2.19. The molecule has 0 bridgehead atoms. The first-order valence-corrected chi connectivity index (χ1v) is 6.40. The van der Waals surface area contributed by atoms with Gasteiger partial charge in [-0.2, -0.15) is 0 Å². The lowest BCUT2D eigenvalue weighted by Crippen LogP contribution is -2.07. The lowest BCUT2D eigenvalue weighted by Gasteiger charge is -2.08. The molecule has 2 aromatic rings. The molecule has 0 aliphatic heterocycles. The molecule has 0 saturated heterocycles. The van der Waals surface area contributed by atoms with Crippen LogP contribution in [0.2, 0.25) is 0 Å². The minimum Gasteiger partial charge on any atom is -0.398 e. The molecule has 0 radical (unpaired) electrons. The maximum atomic E-state index is 12.6. The third-order valence-corrected chi connectivity index (χ3v) is 3.90. The Balaban J connectivity index is 2.56. The number of nitrogens with one attached hydrogen (secondary N) is 1. The van der Waals surface area contributed by atoms with Crippen molar-refractivity contribution < 1.29 is 4.79 Å². The molecule has 100 valence electrons. The van der Waals surface area contributed by atoms with Crippen molar-refractivity contribution in [2.75, 3.05) is 5.73 Å². The molecule has 3 N–H and O–H groups in total. The number of H-pyrrole nitrogens is 1. The normalized spacial score (nSPS) is 10.8. The van der Waals surface area contributed by atoms with Gasteiger partial charge >= 0.3 is 0 Å². The molecule has 1 aromatic heterocycles. The molecule has 0 aliphatic rings. The summed E-state index contributed by atoms with van der Waals surface area (Å²) in [4.78, 5) is 15.8. The quantitative estimate of drug-likeness (QED) is 0.639. The Morgan fingerprint density at radius 2 is 1.63 bits per heavy atom. The van der Waals surface area contributed by atoms with Crippen molar-refractivity contribution in [3.63, 3.8) is 0 Å². The number of carbonyl (C=O) groups excluding carboxylic acids is 1. The number of carbonyl (C=O) groups is 1. The molecule has 3 nitrogen and oxygen atoms in total. The third kappa shape index (κ3) is 2.16. The number of ketones is 1. The summed E-state index contributed by atoms with van der Waals surface area (Å²) in [6, 6.07) is 3.73. The van der Waals surface area contributed by atoms with Gasteiger partial charge in [0.05, 0.1) is 5.69 Å². The first-order chi connectivity index (χ1) is 8.82. The zero-order valence-corrected chi connectivity index (χ0v) is 12.1. The number of aryl methyl sites for hydroxylation is 3. The fourth-order valence-corrected chi connectivity index (χ4v) is 2.32. The number of nitrogen functional groups attached to an aromatic ring is 1. The van der Waals surface area contributed by atoms with Crippen LogP contribution in [-0.2, 0) is 0 Å². The van der Waals surface area contributed by atoms with Crippen LogP contribution in [0.1, 0.15) is 44.0 Å². The molecular weight excluding hydrogens is 236 g/mol. The van der Waals surface area contributed by atoms with Crippen molar-refractivity contribution in [3.8, 4) is 0 Å². The summed E-state index contributed by atoms with van der Waals surface area (Å²) in [5, 5.41) is 0. The molecule has 19 heavy (non-hydrogen) atoms. The van der Waals surface area contributed by atoms with Crippen molar-refractivity contribution in [2.45, 2.75) is 34.6 Å². The van der Waals surface area contributed by atoms with E-state index >= 15 is 0 Å². The average molecular weight is 256 g/mol. The molecule has 0 unspecified atom stereocenters. The first-order valence-electron chi connectivity index (χ1n) is 6.40. The molecular formula is C16H20N2O. The smallest absolute Gasteiger partial charge is 0.209 e. The summed E-state index contributed by atoms with van der Waals surface area (Å²) < 4.78 is 0. The molecule has 1 aromatic carbocycles. The molecule has 0 fully saturated rings. The monoisotopic (exact) mass is 256 g/mol. The van der Waals surface area contributed by atoms with Gasteiger partial charge in [-0.3, -0.25) is 4.79 Å². The van der Waals surface area contributed by atoms with Gasteiger partial charge < -0.3 is 10.7 Å². The number of anilines is 1. The third-order valence-electron chi connectivity index (χ3n) is 3.90. The molecule has 0 saturated carbocycles. The predicted molar refractivity (Wildman–Crippen MR) is 78.8 cm³/mol. The van der Waals surface area contributed by atoms with E-state index in [4.69, 9.17) is 5.73 Å². The number of hydrogen-bond acceptors (Lipinski definition) is 2. The standard InChI is InChI=1S/C16H20N2O/c1-8-6-9(2)14(17)7-13(8)16(19)15-11(4)10(3)12(5)18-15/h6-7,18H,17H2,1-5H3. The fraction of sp³-hybridized carbons (Fsp3) is 0.312. The maximum Gasteiger partial charge on any atom is 0.209 e. The van der Waals surface area contributed by atoms with Crippen molar-refractivity contribution in [2.24, 2.45) is 0 Å². The minimum absolute atomic E-state index is 0.0119. The molecule has 1 heterocycles. The molecule has 0 atom stereocenters. The van der Waals surface area contributed by atoms with E-state index in [0.717, 1.165) is 27.9 Å². The predicted octanol–water partition coefficient (Wildman–Crippen LogP) is 3.37. The lowest BCUT2D eigenvalue weighted by molar-refractivity contribution is 0.103. The van der Waals surface area contributed by atoms with E-state index < -0.39 is 0 Å². The Morgan fingerprint density at radius 1 is 1.00 bits per heavy atom. The van der Waals surface area contributed by atoms with Gasteiger partial charge in [-0.15, -0.1) is 0 Å². The Morgan fingerprint density at radius 3 is 2.16 bits per heavy atom. The van der Waals surface area contributed by atoms with Gasteiger partial charge in [-0.05, 0) is 62.9 Å². The topological polar surface area (TPSA) is 58.9 Å². The van der Waals surface area contributed by atoms with E-state index in [1.54, 1.807) is 6.07 Å². The molecule has 3 heteroatoms. The van der Waals surface area contributed by atoms with Gasteiger partial charge in [0.25, 0.3) is 0 Å². The zero-order valence-electron chi connectivity index (χ0n) is 12.1. The lowest BCUT2D eigenvalue weighted by atomic mass is 9.97. The second-order valence-electron chi connectivity index (χ2n) is 5.23. The first kappa shape index (κ1) is 13.4. The Hall–Kier alpha value is -2.03. The van der Waals surface area contributed by atoms with Gasteiger partial charge in [0, 0.05) is 16.9 Å². The number of aromatic nitrogens is 1. The Kier molecular flexibility index (Phi) is 3.23. The van der Waals surface area contributed by atoms with Crippen LogP contribution in [0.15, 0.2) is 12.1 Å². The largest absolute Gasteiger partial charge is 0.398 e. The van der Waals surface area contributed by atoms with Gasteiger partial charge in [-0.25, -0.2) is 0 Å². The van der Waals surface area contributed by atoms with Crippen LogP contribution in [0.5, 0.6) is 0 Å². The van der Waals surface area contributed by atoms with E-state index in [0.29, 0.717) is 16.9 Å². The van der Waals surface area contributed by atoms with Gasteiger partial charge in [-0.1, -0.05) is 6.07 Å². The number of rotatable bonds is 2. The van der Waals surface area contributed by atoms with Crippen molar-refractivity contribution in [1.29, 1.82) is 0 Å². The van der Waals surface area contributed by atoms with Crippen LogP contribution in [0.25, 0.3) is 0 Å². The maximum absolute atomic E-state index is 12.6. The molecule has 0 spiro atoms. The molecule has 0 aliphatic carbocycles. The van der Waals surface area contributed by atoms with Crippen molar-refractivity contribution in [3.05, 3.63) is 51.3 Å². The zero-order chi connectivity index (χ0) is 14.3. The summed E-state index contributed by atoms with van der Waals surface area (Å²) in [7, 11) is 0. The van der Waals surface area contributed by atoms with Crippen LogP contribution in [0.4, 0.5) is 5.69 Å². The van der Waals surface area contributed by atoms with E-state index in [-0.39, 0.29) is 5.78 Å². The number of nitrogens with two attached hydrogens (primary N) is 1. The Bertz CT molecular complexity index is 666. The summed E-state index contributed by atoms with van der Waals surface area (Å²) in [6.45, 7) is 9.87. The summed E-state index contributed by atoms with van der Waals surface area (Å²) in [5.74, 6) is 0.0119. The van der Waals surface area contributed by atoms with Gasteiger partial charge in [0.1, 0.15) is 0 Å². The second kappa shape index (κ2) is 4.57. The van der Waals surface area contributed by atoms with Gasteiger partial charge in [0.15, 0.2) is 0 Å². The van der Waals surface area contributed by atoms with Crippen molar-refractivity contribution >= 4 is 11.5 Å².